The molecule has 3 aliphatic rings. The van der Waals surface area contributed by atoms with Crippen molar-refractivity contribution >= 4 is 0 Å². The molecule has 4 nitrogen and oxygen atoms in total. The van der Waals surface area contributed by atoms with Crippen molar-refractivity contribution in [2.45, 2.75) is 12.8 Å². The fraction of sp³-hybridized carbons (Fsp3) is 0.429. The molecule has 1 saturated carbocycles. The Labute approximate surface area is 107 Å². The Morgan fingerprint density at radius 3 is 1.39 bits per heavy atom. The summed E-state index contributed by atoms with van der Waals surface area (Å²) in [4.78, 5) is 0. The number of nitrogens with zero attached hydrogens (tertiary/aromatic N) is 4. The number of hydrogen-bond acceptors (Lipinski definition) is 4. The topological polar surface area (TPSA) is 95.2 Å². The Hall–Kier alpha value is -2.56. The van der Waals surface area contributed by atoms with Crippen LogP contribution in [0.4, 0.5) is 0 Å². The normalized spacial score (nSPS) is 31.3. The van der Waals surface area contributed by atoms with Crippen molar-refractivity contribution in [1.82, 2.24) is 0 Å². The van der Waals surface area contributed by atoms with Crippen LogP contribution in [0.2, 0.25) is 0 Å². The van der Waals surface area contributed by atoms with E-state index in [0.29, 0.717) is 11.8 Å². The van der Waals surface area contributed by atoms with E-state index in [1.165, 1.54) is 0 Å². The van der Waals surface area contributed by atoms with E-state index in [0.717, 1.165) is 25.0 Å². The van der Waals surface area contributed by atoms with Crippen molar-refractivity contribution in [2.75, 3.05) is 0 Å². The zero-order chi connectivity index (χ0) is 13.4. The molecule has 0 radical (unpaired) electrons. The monoisotopic (exact) mass is 236 g/mol. The summed E-state index contributed by atoms with van der Waals surface area (Å²) in [5.41, 5.74) is 0. The van der Waals surface area contributed by atoms with E-state index in [4.69, 9.17) is 21.0 Å². The highest BCUT2D eigenvalue weighted by molar-refractivity contribution is 5.19. The van der Waals surface area contributed by atoms with Crippen LogP contribution in [0.25, 0.3) is 0 Å². The fourth-order valence-corrected chi connectivity index (χ4v) is 2.42. The van der Waals surface area contributed by atoms with Gasteiger partial charge in [-0.2, -0.15) is 21.0 Å². The first-order chi connectivity index (χ1) is 8.78. The molecule has 0 amide bonds. The molecule has 0 aliphatic heterocycles. The molecule has 1 fully saturated rings. The third kappa shape index (κ3) is 2.98. The number of nitriles is 4. The molecule has 0 heterocycles. The van der Waals surface area contributed by atoms with Gasteiger partial charge >= 0.3 is 0 Å². The first-order valence-corrected chi connectivity index (χ1v) is 5.70. The van der Waals surface area contributed by atoms with Crippen molar-refractivity contribution in [2.24, 2.45) is 23.7 Å². The lowest BCUT2D eigenvalue weighted by molar-refractivity contribution is 0.209. The molecule has 0 aromatic carbocycles. The second-order valence-electron chi connectivity index (χ2n) is 4.19. The third-order valence-electron chi connectivity index (χ3n) is 3.28. The van der Waals surface area contributed by atoms with Crippen LogP contribution in [-0.2, 0) is 0 Å². The number of rotatable bonds is 0. The van der Waals surface area contributed by atoms with E-state index in [1.54, 1.807) is 12.1 Å². The number of fused-ring (bicyclic) bond motifs is 2. The lowest BCUT2D eigenvalue weighted by Crippen LogP contribution is -2.35. The van der Waals surface area contributed by atoms with E-state index in [-0.39, 0.29) is 11.8 Å². The Kier molecular flexibility index (Phi) is 5.18. The molecule has 3 aliphatic carbocycles. The molecule has 4 unspecified atom stereocenters. The van der Waals surface area contributed by atoms with Gasteiger partial charge in [-0.25, -0.2) is 0 Å². The molecule has 0 spiro atoms. The highest BCUT2D eigenvalue weighted by Crippen LogP contribution is 2.43. The van der Waals surface area contributed by atoms with E-state index in [2.05, 4.69) is 24.3 Å². The predicted octanol–water partition coefficient (Wildman–Crippen LogP) is 2.45. The van der Waals surface area contributed by atoms with Crippen molar-refractivity contribution < 1.29 is 0 Å². The van der Waals surface area contributed by atoms with Gasteiger partial charge in [0.1, 0.15) is 0 Å². The summed E-state index contributed by atoms with van der Waals surface area (Å²) in [5, 5.41) is 33.2. The quantitative estimate of drug-likeness (QED) is 0.476. The molecule has 0 N–H and O–H groups in total. The molecular formula is C14H12N4. The van der Waals surface area contributed by atoms with E-state index in [1.807, 2.05) is 0 Å². The Morgan fingerprint density at radius 2 is 1.17 bits per heavy atom. The molecule has 18 heavy (non-hydrogen) atoms. The van der Waals surface area contributed by atoms with Gasteiger partial charge in [-0.3, -0.25) is 0 Å². The van der Waals surface area contributed by atoms with E-state index in [9.17, 15) is 0 Å². The van der Waals surface area contributed by atoms with Crippen LogP contribution in [-0.4, -0.2) is 0 Å². The minimum absolute atomic E-state index is 0.0428. The van der Waals surface area contributed by atoms with Gasteiger partial charge in [-0.15, -0.1) is 0 Å². The first-order valence-electron chi connectivity index (χ1n) is 5.70. The first kappa shape index (κ1) is 13.5. The molecule has 4 heteroatoms. The Bertz CT molecular complexity index is 458. The Balaban J connectivity index is 0.000000232. The minimum atomic E-state index is -0.0428. The number of hydrogen-bond donors (Lipinski definition) is 0. The van der Waals surface area contributed by atoms with Crippen LogP contribution in [0, 0.1) is 69.0 Å². The molecule has 2 bridgehead atoms. The maximum atomic E-state index is 8.88. The highest BCUT2D eigenvalue weighted by atomic mass is 14.5. The second kappa shape index (κ2) is 6.90. The van der Waals surface area contributed by atoms with Gasteiger partial charge in [0.05, 0.1) is 36.1 Å². The number of allylic oxidation sites excluding steroid dienone is 4. The summed E-state index contributed by atoms with van der Waals surface area (Å²) in [6.45, 7) is 0. The molecule has 3 rings (SSSR count). The van der Waals surface area contributed by atoms with Gasteiger partial charge in [-0.1, -0.05) is 12.2 Å². The third-order valence-corrected chi connectivity index (χ3v) is 3.28. The summed E-state index contributed by atoms with van der Waals surface area (Å²) in [5.74, 6) is 0.617. The van der Waals surface area contributed by atoms with Crippen LogP contribution in [0.5, 0.6) is 0 Å². The summed E-state index contributed by atoms with van der Waals surface area (Å²) in [6.07, 6.45) is 8.68. The van der Waals surface area contributed by atoms with Crippen LogP contribution in [0.1, 0.15) is 12.8 Å². The average molecular weight is 236 g/mol. The highest BCUT2D eigenvalue weighted by Gasteiger charge is 2.40. The van der Waals surface area contributed by atoms with Crippen molar-refractivity contribution in [3.63, 3.8) is 0 Å². The summed E-state index contributed by atoms with van der Waals surface area (Å²) >= 11 is 0. The van der Waals surface area contributed by atoms with Gasteiger partial charge in [0.15, 0.2) is 0 Å². The molecule has 0 aromatic heterocycles. The zero-order valence-electron chi connectivity index (χ0n) is 9.82. The summed E-state index contributed by atoms with van der Waals surface area (Å²) < 4.78 is 0. The largest absolute Gasteiger partial charge is 0.198 e. The standard InChI is InChI=1S/C10H10N2.C4H2N2/c11-5-9-7-1-2-8(4-3-7)10(9)6-12;5-3-1-2-4-6/h1-2,7-10H,3-4H2;1-2H/b;2-1-. The minimum Gasteiger partial charge on any atom is -0.198 e. The van der Waals surface area contributed by atoms with Gasteiger partial charge in [0.25, 0.3) is 0 Å². The molecule has 88 valence electrons. The van der Waals surface area contributed by atoms with E-state index >= 15 is 0 Å². The summed E-state index contributed by atoms with van der Waals surface area (Å²) in [6, 6.07) is 7.86. The second-order valence-corrected chi connectivity index (χ2v) is 4.19. The van der Waals surface area contributed by atoms with Crippen LogP contribution < -0.4 is 0 Å². The smallest absolute Gasteiger partial charge is 0.0919 e. The summed E-state index contributed by atoms with van der Waals surface area (Å²) in [7, 11) is 0. The van der Waals surface area contributed by atoms with Crippen molar-refractivity contribution in [3.05, 3.63) is 24.3 Å². The van der Waals surface area contributed by atoms with Crippen LogP contribution in [0.3, 0.4) is 0 Å². The maximum Gasteiger partial charge on any atom is 0.0919 e. The SMILES string of the molecule is N#C/C=C\C#N.N#CC1C2C=CC(CC2)C1C#N. The van der Waals surface area contributed by atoms with Crippen LogP contribution >= 0.6 is 0 Å². The predicted molar refractivity (Wildman–Crippen MR) is 63.9 cm³/mol. The van der Waals surface area contributed by atoms with E-state index < -0.39 is 0 Å². The maximum absolute atomic E-state index is 8.88. The van der Waals surface area contributed by atoms with Gasteiger partial charge in [0, 0.05) is 12.2 Å². The van der Waals surface area contributed by atoms with Gasteiger partial charge in [0.2, 0.25) is 0 Å². The van der Waals surface area contributed by atoms with Crippen molar-refractivity contribution in [3.8, 4) is 24.3 Å². The van der Waals surface area contributed by atoms with Gasteiger partial charge < -0.3 is 0 Å². The average Bonchev–Trinajstić information content (AvgIpc) is 2.45. The molecular weight excluding hydrogens is 224 g/mol. The molecule has 0 aromatic rings. The lowest BCUT2D eigenvalue weighted by Gasteiger charge is -2.38. The van der Waals surface area contributed by atoms with Crippen LogP contribution in [0.15, 0.2) is 24.3 Å². The zero-order valence-corrected chi connectivity index (χ0v) is 9.82. The molecule has 4 atom stereocenters. The fourth-order valence-electron chi connectivity index (χ4n) is 2.42. The Morgan fingerprint density at radius 1 is 0.778 bits per heavy atom. The molecule has 0 saturated heterocycles. The van der Waals surface area contributed by atoms with Gasteiger partial charge in [-0.05, 0) is 24.7 Å². The lowest BCUT2D eigenvalue weighted by atomic mass is 9.63. The van der Waals surface area contributed by atoms with Crippen molar-refractivity contribution in [1.29, 1.82) is 21.0 Å².